The van der Waals surface area contributed by atoms with Gasteiger partial charge in [0.1, 0.15) is 11.5 Å². The van der Waals surface area contributed by atoms with Crippen molar-refractivity contribution >= 4 is 29.4 Å². The third kappa shape index (κ3) is 4.33. The van der Waals surface area contributed by atoms with E-state index in [0.29, 0.717) is 35.1 Å². The number of ether oxygens (including phenoxy) is 1. The van der Waals surface area contributed by atoms with Gasteiger partial charge in [0.15, 0.2) is 5.82 Å². The van der Waals surface area contributed by atoms with Crippen LogP contribution in [0, 0.1) is 11.7 Å². The first-order valence-electron chi connectivity index (χ1n) is 12.4. The topological polar surface area (TPSA) is 94.7 Å². The van der Waals surface area contributed by atoms with Gasteiger partial charge >= 0.3 is 6.03 Å². The molecule has 0 saturated carbocycles. The van der Waals surface area contributed by atoms with Gasteiger partial charge in [-0.15, -0.1) is 0 Å². The Hall–Kier alpha value is -3.08. The van der Waals surface area contributed by atoms with Crippen LogP contribution >= 0.6 is 11.8 Å². The number of nitrogens with zero attached hydrogens (tertiary/aromatic N) is 1. The monoisotopic (exact) mass is 509 g/mol. The number of urea groups is 1. The van der Waals surface area contributed by atoms with Crippen LogP contribution in [0.25, 0.3) is 0 Å². The zero-order valence-corrected chi connectivity index (χ0v) is 20.4. The van der Waals surface area contributed by atoms with Crippen LogP contribution in [-0.2, 0) is 4.79 Å². The molecule has 8 nitrogen and oxygen atoms in total. The summed E-state index contributed by atoms with van der Waals surface area (Å²) in [6, 6.07) is 13.1. The molecule has 0 aromatic heterocycles. The fourth-order valence-corrected chi connectivity index (χ4v) is 6.90. The van der Waals surface area contributed by atoms with Crippen molar-refractivity contribution < 1.29 is 18.7 Å². The van der Waals surface area contributed by atoms with E-state index < -0.39 is 11.8 Å². The summed E-state index contributed by atoms with van der Waals surface area (Å²) in [4.78, 5) is 28.6. The number of carbonyl (C=O) groups is 2. The molecule has 36 heavy (non-hydrogen) atoms. The van der Waals surface area contributed by atoms with Crippen molar-refractivity contribution in [1.82, 2.24) is 21.3 Å². The number of thioether (sulfide) groups is 1. The highest BCUT2D eigenvalue weighted by Crippen LogP contribution is 2.48. The van der Waals surface area contributed by atoms with Gasteiger partial charge in [0.2, 0.25) is 0 Å². The van der Waals surface area contributed by atoms with Crippen LogP contribution in [0.2, 0.25) is 0 Å². The van der Waals surface area contributed by atoms with Gasteiger partial charge in [-0.2, -0.15) is 0 Å². The first-order valence-corrected chi connectivity index (χ1v) is 13.2. The quantitative estimate of drug-likeness (QED) is 0.494. The number of anilines is 1. The van der Waals surface area contributed by atoms with Crippen LogP contribution in [0.5, 0.6) is 11.5 Å². The summed E-state index contributed by atoms with van der Waals surface area (Å²) in [5, 5.41) is 12.8. The lowest BCUT2D eigenvalue weighted by Gasteiger charge is -2.45. The second-order valence-corrected chi connectivity index (χ2v) is 10.6. The number of hydrogen-bond acceptors (Lipinski definition) is 6. The Morgan fingerprint density at radius 1 is 1.11 bits per heavy atom. The number of hydrogen-bond donors (Lipinski definition) is 4. The Bertz CT molecular complexity index is 1200. The van der Waals surface area contributed by atoms with Crippen molar-refractivity contribution in [3.63, 3.8) is 0 Å². The largest absolute Gasteiger partial charge is 0.457 e. The summed E-state index contributed by atoms with van der Waals surface area (Å²) >= 11 is 1.46. The first-order chi connectivity index (χ1) is 17.6. The van der Waals surface area contributed by atoms with Crippen molar-refractivity contribution in [3.8, 4) is 11.5 Å². The molecule has 4 atom stereocenters. The lowest BCUT2D eigenvalue weighted by molar-refractivity contribution is -0.117. The fourth-order valence-electron chi connectivity index (χ4n) is 5.50. The maximum atomic E-state index is 15.3. The minimum atomic E-state index is -0.533. The molecule has 3 fully saturated rings. The molecule has 3 saturated heterocycles. The van der Waals surface area contributed by atoms with Crippen molar-refractivity contribution in [2.45, 2.75) is 36.7 Å². The van der Waals surface area contributed by atoms with Gasteiger partial charge in [-0.1, -0.05) is 30.0 Å². The Balaban J connectivity index is 1.25. The van der Waals surface area contributed by atoms with E-state index in [1.54, 1.807) is 24.3 Å². The van der Waals surface area contributed by atoms with Crippen molar-refractivity contribution in [2.24, 2.45) is 5.92 Å². The summed E-state index contributed by atoms with van der Waals surface area (Å²) in [6.07, 6.45) is 2.61. The molecule has 2 aromatic rings. The third-order valence-corrected chi connectivity index (χ3v) is 8.49. The van der Waals surface area contributed by atoms with Gasteiger partial charge in [-0.05, 0) is 56.6 Å². The molecule has 0 bridgehead atoms. The molecule has 188 valence electrons. The predicted molar refractivity (Wildman–Crippen MR) is 136 cm³/mol. The molecule has 0 spiro atoms. The summed E-state index contributed by atoms with van der Waals surface area (Å²) < 4.78 is 21.1. The van der Waals surface area contributed by atoms with Gasteiger partial charge in [0.05, 0.1) is 22.0 Å². The number of nitrogens with one attached hydrogen (secondary N) is 4. The van der Waals surface area contributed by atoms with Crippen LogP contribution < -0.4 is 30.9 Å². The Kier molecular flexibility index (Phi) is 6.32. The Morgan fingerprint density at radius 2 is 1.97 bits per heavy atom. The van der Waals surface area contributed by atoms with Gasteiger partial charge in [0, 0.05) is 30.3 Å². The van der Waals surface area contributed by atoms with E-state index in [9.17, 15) is 9.59 Å². The third-order valence-electron chi connectivity index (χ3n) is 7.14. The van der Waals surface area contributed by atoms with E-state index in [4.69, 9.17) is 4.74 Å². The maximum absolute atomic E-state index is 15.3. The molecular weight excluding hydrogens is 481 g/mol. The van der Waals surface area contributed by atoms with Gasteiger partial charge < -0.3 is 26.0 Å². The summed E-state index contributed by atoms with van der Waals surface area (Å²) in [5.74, 6) is 0.146. The van der Waals surface area contributed by atoms with Crippen LogP contribution in [0.4, 0.5) is 14.9 Å². The SMILES string of the molecule is O=C(N[C@@H]1CCCNC1)C1=C2NC(=O)N(c3ccc(Oc4ccccc4)cc3F)C3CCNC(S1)C23. The number of benzene rings is 2. The Morgan fingerprint density at radius 3 is 2.75 bits per heavy atom. The average Bonchev–Trinajstić information content (AvgIpc) is 3.26. The molecule has 10 heteroatoms. The molecular formula is C26H28FN5O3S. The zero-order chi connectivity index (χ0) is 24.6. The predicted octanol–water partition coefficient (Wildman–Crippen LogP) is 3.28. The number of para-hydroxylation sites is 1. The highest BCUT2D eigenvalue weighted by molar-refractivity contribution is 8.04. The van der Waals surface area contributed by atoms with Crippen molar-refractivity contribution in [1.29, 1.82) is 0 Å². The fraction of sp³-hybridized carbons (Fsp3) is 0.385. The zero-order valence-electron chi connectivity index (χ0n) is 19.6. The Labute approximate surface area is 213 Å². The van der Waals surface area contributed by atoms with Crippen molar-refractivity contribution in [2.75, 3.05) is 24.5 Å². The average molecular weight is 510 g/mol. The molecule has 3 amide bonds. The lowest BCUT2D eigenvalue weighted by Crippen LogP contribution is -2.62. The van der Waals surface area contributed by atoms with E-state index in [1.165, 1.54) is 22.7 Å². The molecule has 2 aromatic carbocycles. The molecule has 4 aliphatic heterocycles. The highest BCUT2D eigenvalue weighted by Gasteiger charge is 2.52. The second-order valence-electron chi connectivity index (χ2n) is 9.46. The molecule has 3 unspecified atom stereocenters. The molecule has 6 rings (SSSR count). The van der Waals surface area contributed by atoms with Crippen LogP contribution in [0.15, 0.2) is 59.1 Å². The summed E-state index contributed by atoms with van der Waals surface area (Å²) in [5.41, 5.74) is 0.850. The number of carbonyl (C=O) groups excluding carboxylic acids is 2. The minimum Gasteiger partial charge on any atom is -0.457 e. The number of rotatable bonds is 5. The van der Waals surface area contributed by atoms with E-state index in [0.717, 1.165) is 25.9 Å². The summed E-state index contributed by atoms with van der Waals surface area (Å²) in [6.45, 7) is 2.39. The maximum Gasteiger partial charge on any atom is 0.326 e. The van der Waals surface area contributed by atoms with E-state index >= 15 is 4.39 Å². The molecule has 4 aliphatic rings. The van der Waals surface area contributed by atoms with Gasteiger partial charge in [-0.25, -0.2) is 9.18 Å². The standard InChI is InChI=1S/C26H28FN5O3S/c27-18-13-17(35-16-6-2-1-3-7-16)8-9-19(18)32-20-10-12-29-25-21(20)22(31-26(32)34)23(36-25)24(33)30-15-5-4-11-28-14-15/h1-3,6-9,13,15,20-21,25,28-29H,4-5,10-12,14H2,(H,30,33)(H,31,34)/t15-,20?,21?,25?/m1/s1. The van der Waals surface area contributed by atoms with Gasteiger partial charge in [-0.3, -0.25) is 9.69 Å². The molecule has 4 N–H and O–H groups in total. The smallest absolute Gasteiger partial charge is 0.326 e. The normalized spacial score (nSPS) is 27.4. The summed E-state index contributed by atoms with van der Waals surface area (Å²) in [7, 11) is 0. The van der Waals surface area contributed by atoms with Crippen LogP contribution in [0.3, 0.4) is 0 Å². The van der Waals surface area contributed by atoms with E-state index in [-0.39, 0.29) is 35.0 Å². The first kappa shape index (κ1) is 23.3. The number of piperidine rings is 2. The van der Waals surface area contributed by atoms with Crippen LogP contribution in [0.1, 0.15) is 19.3 Å². The number of amides is 3. The molecule has 0 radical (unpaired) electrons. The minimum absolute atomic E-state index is 0.0594. The molecule has 0 aliphatic carbocycles. The second kappa shape index (κ2) is 9.76. The van der Waals surface area contributed by atoms with Crippen molar-refractivity contribution in [3.05, 3.63) is 65.0 Å². The van der Waals surface area contributed by atoms with E-state index in [1.807, 2.05) is 18.2 Å². The van der Waals surface area contributed by atoms with Crippen LogP contribution in [-0.4, -0.2) is 49.0 Å². The molecule has 4 heterocycles. The van der Waals surface area contributed by atoms with E-state index in [2.05, 4.69) is 21.3 Å². The lowest BCUT2D eigenvalue weighted by atomic mass is 9.86. The van der Waals surface area contributed by atoms with Gasteiger partial charge in [0.25, 0.3) is 5.91 Å². The number of halogens is 1. The highest BCUT2D eigenvalue weighted by atomic mass is 32.2.